The first kappa shape index (κ1) is 16.9. The van der Waals surface area contributed by atoms with Crippen molar-refractivity contribution in [1.82, 2.24) is 5.32 Å². The highest BCUT2D eigenvalue weighted by Crippen LogP contribution is 2.03. The number of benzene rings is 1. The van der Waals surface area contributed by atoms with Crippen molar-refractivity contribution in [3.8, 4) is 0 Å². The molecule has 0 saturated heterocycles. The van der Waals surface area contributed by atoms with Crippen molar-refractivity contribution in [3.63, 3.8) is 0 Å². The SMILES string of the molecule is C=CCCC[C@H](NC(=O)COCc1ccccc1)C(=O)O. The van der Waals surface area contributed by atoms with Gasteiger partial charge in [-0.15, -0.1) is 6.58 Å². The number of rotatable bonds is 10. The number of allylic oxidation sites excluding steroid dienone is 1. The molecule has 0 spiro atoms. The second kappa shape index (κ2) is 9.72. The van der Waals surface area contributed by atoms with Gasteiger partial charge in [0.15, 0.2) is 0 Å². The van der Waals surface area contributed by atoms with Gasteiger partial charge in [0.05, 0.1) is 6.61 Å². The van der Waals surface area contributed by atoms with E-state index in [1.54, 1.807) is 6.08 Å². The van der Waals surface area contributed by atoms with Gasteiger partial charge < -0.3 is 15.2 Å². The standard InChI is InChI=1S/C16H21NO4/c1-2-3-5-10-14(16(19)20)17-15(18)12-21-11-13-8-6-4-7-9-13/h2,4,6-9,14H,1,3,5,10-12H2,(H,17,18)(H,19,20)/t14-/m0/s1. The number of carboxylic acid groups (broad SMARTS) is 1. The van der Waals surface area contributed by atoms with Crippen LogP contribution in [0.15, 0.2) is 43.0 Å². The van der Waals surface area contributed by atoms with Crippen molar-refractivity contribution in [3.05, 3.63) is 48.6 Å². The fourth-order valence-corrected chi connectivity index (χ4v) is 1.80. The average molecular weight is 291 g/mol. The van der Waals surface area contributed by atoms with Gasteiger partial charge in [-0.05, 0) is 24.8 Å². The van der Waals surface area contributed by atoms with Crippen LogP contribution in [0.4, 0.5) is 0 Å². The van der Waals surface area contributed by atoms with E-state index in [9.17, 15) is 9.59 Å². The highest BCUT2D eigenvalue weighted by Gasteiger charge is 2.19. The zero-order valence-corrected chi connectivity index (χ0v) is 12.0. The minimum atomic E-state index is -1.03. The summed E-state index contributed by atoms with van der Waals surface area (Å²) in [4.78, 5) is 22.7. The number of hydrogen-bond donors (Lipinski definition) is 2. The van der Waals surface area contributed by atoms with Gasteiger partial charge >= 0.3 is 5.97 Å². The molecule has 0 unspecified atom stereocenters. The summed E-state index contributed by atoms with van der Waals surface area (Å²) in [7, 11) is 0. The van der Waals surface area contributed by atoms with Gasteiger partial charge in [-0.1, -0.05) is 36.4 Å². The van der Waals surface area contributed by atoms with Gasteiger partial charge in [0, 0.05) is 0 Å². The van der Waals surface area contributed by atoms with Gasteiger partial charge in [0.25, 0.3) is 0 Å². The number of hydrogen-bond acceptors (Lipinski definition) is 3. The van der Waals surface area contributed by atoms with Crippen molar-refractivity contribution in [1.29, 1.82) is 0 Å². The van der Waals surface area contributed by atoms with E-state index in [0.717, 1.165) is 12.0 Å². The minimum absolute atomic E-state index is 0.153. The first-order chi connectivity index (χ1) is 10.1. The molecule has 5 nitrogen and oxygen atoms in total. The highest BCUT2D eigenvalue weighted by molar-refractivity contribution is 5.84. The normalized spacial score (nSPS) is 11.6. The number of carboxylic acids is 1. The summed E-state index contributed by atoms with van der Waals surface area (Å²) >= 11 is 0. The molecular weight excluding hydrogens is 270 g/mol. The zero-order valence-electron chi connectivity index (χ0n) is 12.0. The molecule has 0 bridgehead atoms. The van der Waals surface area contributed by atoms with Crippen LogP contribution >= 0.6 is 0 Å². The minimum Gasteiger partial charge on any atom is -0.480 e. The first-order valence-electron chi connectivity index (χ1n) is 6.88. The molecule has 0 saturated carbocycles. The lowest BCUT2D eigenvalue weighted by Gasteiger charge is -2.14. The van der Waals surface area contributed by atoms with Crippen molar-refractivity contribution in [2.75, 3.05) is 6.61 Å². The molecule has 0 heterocycles. The molecule has 1 amide bonds. The number of nitrogens with one attached hydrogen (secondary N) is 1. The topological polar surface area (TPSA) is 75.6 Å². The molecule has 1 atom stereocenters. The molecule has 0 radical (unpaired) electrons. The summed E-state index contributed by atoms with van der Waals surface area (Å²) in [5.41, 5.74) is 0.964. The van der Waals surface area contributed by atoms with Crippen LogP contribution in [0.1, 0.15) is 24.8 Å². The van der Waals surface area contributed by atoms with Crippen LogP contribution in [0.5, 0.6) is 0 Å². The average Bonchev–Trinajstić information content (AvgIpc) is 2.47. The van der Waals surface area contributed by atoms with Crippen LogP contribution in [-0.2, 0) is 20.9 Å². The Labute approximate surface area is 124 Å². The Morgan fingerprint density at radius 2 is 2.05 bits per heavy atom. The molecule has 0 aromatic heterocycles. The van der Waals surface area contributed by atoms with Gasteiger partial charge in [-0.3, -0.25) is 4.79 Å². The Morgan fingerprint density at radius 1 is 1.33 bits per heavy atom. The fraction of sp³-hybridized carbons (Fsp3) is 0.375. The maximum Gasteiger partial charge on any atom is 0.326 e. The van der Waals surface area contributed by atoms with Gasteiger partial charge in [0.1, 0.15) is 12.6 Å². The van der Waals surface area contributed by atoms with Crippen LogP contribution in [0, 0.1) is 0 Å². The summed E-state index contributed by atoms with van der Waals surface area (Å²) in [6.07, 6.45) is 3.51. The molecule has 1 rings (SSSR count). The molecule has 0 fully saturated rings. The van der Waals surface area contributed by atoms with Crippen molar-refractivity contribution in [2.45, 2.75) is 31.9 Å². The Bertz CT molecular complexity index is 459. The molecular formula is C16H21NO4. The van der Waals surface area contributed by atoms with Crippen LogP contribution in [0.25, 0.3) is 0 Å². The van der Waals surface area contributed by atoms with E-state index >= 15 is 0 Å². The highest BCUT2D eigenvalue weighted by atomic mass is 16.5. The van der Waals surface area contributed by atoms with Crippen molar-refractivity contribution < 1.29 is 19.4 Å². The Balaban J connectivity index is 2.29. The van der Waals surface area contributed by atoms with Crippen LogP contribution in [0.2, 0.25) is 0 Å². The molecule has 2 N–H and O–H groups in total. The molecule has 1 aromatic carbocycles. The summed E-state index contributed by atoms with van der Waals surface area (Å²) in [5.74, 6) is -1.45. The van der Waals surface area contributed by atoms with Gasteiger partial charge in [-0.25, -0.2) is 4.79 Å². The number of amides is 1. The molecule has 1 aromatic rings. The monoisotopic (exact) mass is 291 g/mol. The lowest BCUT2D eigenvalue weighted by atomic mass is 10.1. The number of ether oxygens (including phenoxy) is 1. The van der Waals surface area contributed by atoms with E-state index in [-0.39, 0.29) is 6.61 Å². The van der Waals surface area contributed by atoms with E-state index in [0.29, 0.717) is 19.4 Å². The van der Waals surface area contributed by atoms with Crippen LogP contribution in [-0.4, -0.2) is 29.6 Å². The summed E-state index contributed by atoms with van der Waals surface area (Å²) < 4.78 is 5.27. The van der Waals surface area contributed by atoms with Gasteiger partial charge in [-0.2, -0.15) is 0 Å². The largest absolute Gasteiger partial charge is 0.480 e. The summed E-state index contributed by atoms with van der Waals surface area (Å²) in [6.45, 7) is 3.75. The van der Waals surface area contributed by atoms with Crippen molar-refractivity contribution >= 4 is 11.9 Å². The molecule has 0 aliphatic heterocycles. The second-order valence-electron chi connectivity index (χ2n) is 4.66. The molecule has 0 aliphatic carbocycles. The quantitative estimate of drug-likeness (QED) is 0.511. The van der Waals surface area contributed by atoms with E-state index in [2.05, 4.69) is 11.9 Å². The maximum absolute atomic E-state index is 11.7. The smallest absolute Gasteiger partial charge is 0.326 e. The Hall–Kier alpha value is -2.14. The molecule has 21 heavy (non-hydrogen) atoms. The first-order valence-corrected chi connectivity index (χ1v) is 6.88. The van der Waals surface area contributed by atoms with Crippen molar-refractivity contribution in [2.24, 2.45) is 0 Å². The van der Waals surface area contributed by atoms with Gasteiger partial charge in [0.2, 0.25) is 5.91 Å². The number of carbonyl (C=O) groups excluding carboxylic acids is 1. The molecule has 114 valence electrons. The predicted octanol–water partition coefficient (Wildman–Crippen LogP) is 2.13. The third-order valence-electron chi connectivity index (χ3n) is 2.88. The summed E-state index contributed by atoms with van der Waals surface area (Å²) in [5, 5.41) is 11.5. The van der Waals surface area contributed by atoms with Crippen LogP contribution < -0.4 is 5.32 Å². The van der Waals surface area contributed by atoms with E-state index < -0.39 is 17.9 Å². The molecule has 5 heteroatoms. The van der Waals surface area contributed by atoms with E-state index in [1.165, 1.54) is 0 Å². The number of aliphatic carboxylic acids is 1. The molecule has 0 aliphatic rings. The Morgan fingerprint density at radius 3 is 2.67 bits per heavy atom. The third-order valence-corrected chi connectivity index (χ3v) is 2.88. The van der Waals surface area contributed by atoms with E-state index in [1.807, 2.05) is 30.3 Å². The number of carbonyl (C=O) groups is 2. The fourth-order valence-electron chi connectivity index (χ4n) is 1.80. The Kier molecular flexibility index (Phi) is 7.82. The number of unbranched alkanes of at least 4 members (excludes halogenated alkanes) is 1. The third kappa shape index (κ3) is 7.27. The van der Waals surface area contributed by atoms with E-state index in [4.69, 9.17) is 9.84 Å². The van der Waals surface area contributed by atoms with Crippen LogP contribution in [0.3, 0.4) is 0 Å². The lowest BCUT2D eigenvalue weighted by Crippen LogP contribution is -2.42. The second-order valence-corrected chi connectivity index (χ2v) is 4.66. The lowest BCUT2D eigenvalue weighted by molar-refractivity contribution is -0.142. The maximum atomic E-state index is 11.7. The zero-order chi connectivity index (χ0) is 15.5. The summed E-state index contributed by atoms with van der Waals surface area (Å²) in [6, 6.07) is 8.59. The predicted molar refractivity (Wildman–Crippen MR) is 79.7 cm³/mol.